The highest BCUT2D eigenvalue weighted by atomic mass is 19.1. The molecule has 0 aliphatic carbocycles. The number of unbranched alkanes of at least 4 members (excludes halogenated alkanes) is 2. The summed E-state index contributed by atoms with van der Waals surface area (Å²) in [5.41, 5.74) is 2.74. The van der Waals surface area contributed by atoms with Gasteiger partial charge in [-0.1, -0.05) is 26.3 Å². The van der Waals surface area contributed by atoms with E-state index < -0.39 is 17.7 Å². The Kier molecular flexibility index (Phi) is 8.60. The normalized spacial score (nSPS) is 19.4. The minimum atomic E-state index is -1.00. The molecule has 0 unspecified atom stereocenters. The third kappa shape index (κ3) is 6.25. The van der Waals surface area contributed by atoms with E-state index in [9.17, 15) is 15.2 Å². The fourth-order valence-electron chi connectivity index (χ4n) is 6.57. The molecule has 1 fully saturated rings. The number of carboxylic acids is 1. The summed E-state index contributed by atoms with van der Waals surface area (Å²) < 4.78 is 21.3. The molecule has 2 N–H and O–H groups in total. The number of nitrogens with one attached hydrogen (secondary N) is 1. The van der Waals surface area contributed by atoms with Gasteiger partial charge in [0.2, 0.25) is 0 Å². The number of benzene rings is 1. The Morgan fingerprint density at radius 2 is 2.10 bits per heavy atom. The summed E-state index contributed by atoms with van der Waals surface area (Å²) in [5.74, 6) is -1.25. The molecule has 1 aromatic heterocycles. The van der Waals surface area contributed by atoms with Gasteiger partial charge in [0.1, 0.15) is 23.5 Å². The Labute approximate surface area is 236 Å². The summed E-state index contributed by atoms with van der Waals surface area (Å²) in [6, 6.07) is 7.98. The first kappa shape index (κ1) is 28.4. The summed E-state index contributed by atoms with van der Waals surface area (Å²) in [7, 11) is 0. The average molecular weight is 549 g/mol. The Bertz CT molecular complexity index is 1280. The van der Waals surface area contributed by atoms with Gasteiger partial charge in [0, 0.05) is 23.2 Å². The molecule has 0 radical (unpaired) electrons. The van der Waals surface area contributed by atoms with Crippen LogP contribution in [0, 0.1) is 28.5 Å². The number of aromatic nitrogens is 1. The van der Waals surface area contributed by atoms with Crippen molar-refractivity contribution in [2.24, 2.45) is 11.3 Å². The van der Waals surface area contributed by atoms with Crippen molar-refractivity contribution < 1.29 is 19.0 Å². The Balaban J connectivity index is 1.14. The van der Waals surface area contributed by atoms with Gasteiger partial charge in [-0.25, -0.2) is 9.37 Å². The van der Waals surface area contributed by atoms with Crippen molar-refractivity contribution in [2.45, 2.75) is 77.6 Å². The highest BCUT2D eigenvalue weighted by Crippen LogP contribution is 2.42. The van der Waals surface area contributed by atoms with Crippen LogP contribution < -0.4 is 10.1 Å². The van der Waals surface area contributed by atoms with Crippen LogP contribution in [0.15, 0.2) is 18.2 Å². The number of fused-ring (bicyclic) bond motifs is 2. The second kappa shape index (κ2) is 12.1. The number of aliphatic carboxylic acids is 1. The minimum Gasteiger partial charge on any atom is -0.493 e. The maximum absolute atomic E-state index is 15.5. The van der Waals surface area contributed by atoms with Crippen LogP contribution in [-0.2, 0) is 24.1 Å². The number of nitrogens with zero attached hydrogens (tertiary/aromatic N) is 3. The van der Waals surface area contributed by atoms with Gasteiger partial charge in [-0.2, -0.15) is 5.26 Å². The number of halogens is 1. The molecule has 214 valence electrons. The van der Waals surface area contributed by atoms with Gasteiger partial charge in [0.05, 0.1) is 18.1 Å². The minimum absolute atomic E-state index is 0.140. The van der Waals surface area contributed by atoms with E-state index in [1.54, 1.807) is 6.07 Å². The zero-order valence-electron chi connectivity index (χ0n) is 23.8. The van der Waals surface area contributed by atoms with Gasteiger partial charge in [-0.05, 0) is 100 Å². The van der Waals surface area contributed by atoms with Gasteiger partial charge in [-0.15, -0.1) is 0 Å². The molecule has 3 aliphatic heterocycles. The standard InChI is InChI=1S/C32H41FN4O3/c1-32(2)18-25-27(40-20-32)17-24(26(19-34)29(25)33)28(31(38)39)21-11-15-37(16-12-21)14-5-3-4-8-23-10-9-22-7-6-13-35-30(22)36-23/h9-10,17,21,28H,3-8,11-16,18,20H2,1-2H3,(H,35,36)(H,38,39)/t28-/m1/s1. The number of rotatable bonds is 9. The van der Waals surface area contributed by atoms with Crippen LogP contribution in [-0.4, -0.2) is 53.7 Å². The van der Waals surface area contributed by atoms with Crippen LogP contribution in [0.25, 0.3) is 0 Å². The highest BCUT2D eigenvalue weighted by molar-refractivity contribution is 5.78. The van der Waals surface area contributed by atoms with Gasteiger partial charge in [-0.3, -0.25) is 4.79 Å². The molecule has 1 saturated heterocycles. The molecule has 2 aromatic rings. The molecule has 0 amide bonds. The van der Waals surface area contributed by atoms with Crippen molar-refractivity contribution in [3.05, 3.63) is 52.0 Å². The molecule has 0 spiro atoms. The molecule has 1 aromatic carbocycles. The lowest BCUT2D eigenvalue weighted by molar-refractivity contribution is -0.140. The second-order valence-corrected chi connectivity index (χ2v) is 12.5. The molecule has 3 aliphatic rings. The molecular weight excluding hydrogens is 507 g/mol. The van der Waals surface area contributed by atoms with Gasteiger partial charge >= 0.3 is 5.97 Å². The van der Waals surface area contributed by atoms with E-state index in [0.29, 0.717) is 37.2 Å². The lowest BCUT2D eigenvalue weighted by Gasteiger charge is -2.36. The fourth-order valence-corrected chi connectivity index (χ4v) is 6.57. The number of ether oxygens (including phenoxy) is 1. The number of piperidine rings is 1. The van der Waals surface area contributed by atoms with E-state index in [1.807, 2.05) is 19.9 Å². The maximum Gasteiger partial charge on any atom is 0.311 e. The maximum atomic E-state index is 15.5. The first-order valence-electron chi connectivity index (χ1n) is 14.8. The number of carbonyl (C=O) groups is 1. The Morgan fingerprint density at radius 3 is 2.85 bits per heavy atom. The van der Waals surface area contributed by atoms with E-state index in [2.05, 4.69) is 22.3 Å². The Morgan fingerprint density at radius 1 is 1.30 bits per heavy atom. The van der Waals surface area contributed by atoms with Crippen LogP contribution in [0.5, 0.6) is 5.75 Å². The molecule has 0 bridgehead atoms. The first-order valence-corrected chi connectivity index (χ1v) is 14.8. The highest BCUT2D eigenvalue weighted by Gasteiger charge is 2.38. The summed E-state index contributed by atoms with van der Waals surface area (Å²) in [6.07, 6.45) is 8.46. The van der Waals surface area contributed by atoms with E-state index in [0.717, 1.165) is 69.8 Å². The predicted molar refractivity (Wildman–Crippen MR) is 152 cm³/mol. The summed E-state index contributed by atoms with van der Waals surface area (Å²) in [6.45, 7) is 8.04. The molecular formula is C32H41FN4O3. The quantitative estimate of drug-likeness (QED) is 0.388. The number of carboxylic acid groups (broad SMARTS) is 1. The van der Waals surface area contributed by atoms with Crippen LogP contribution in [0.4, 0.5) is 10.2 Å². The zero-order chi connectivity index (χ0) is 28.3. The molecule has 40 heavy (non-hydrogen) atoms. The monoisotopic (exact) mass is 548 g/mol. The van der Waals surface area contributed by atoms with E-state index >= 15 is 4.39 Å². The Hall–Kier alpha value is -3.18. The number of likely N-dealkylation sites (tertiary alicyclic amines) is 1. The lowest BCUT2D eigenvalue weighted by atomic mass is 9.76. The number of pyridine rings is 1. The molecule has 8 heteroatoms. The number of anilines is 1. The first-order chi connectivity index (χ1) is 19.3. The summed E-state index contributed by atoms with van der Waals surface area (Å²) >= 11 is 0. The van der Waals surface area contributed by atoms with Crippen molar-refractivity contribution in [3.8, 4) is 11.8 Å². The molecule has 5 rings (SSSR count). The van der Waals surface area contributed by atoms with E-state index in [1.165, 1.54) is 12.0 Å². The molecule has 0 saturated carbocycles. The van der Waals surface area contributed by atoms with Crippen molar-refractivity contribution in [2.75, 3.05) is 38.1 Å². The molecule has 4 heterocycles. The fraction of sp³-hybridized carbons (Fsp3) is 0.594. The molecule has 1 atom stereocenters. The SMILES string of the molecule is CC1(C)COc2cc([C@H](C(=O)O)C3CCN(CCCCCc4ccc5c(n4)NCCC5)CC3)c(C#N)c(F)c2C1. The number of nitriles is 1. The lowest BCUT2D eigenvalue weighted by Crippen LogP contribution is -2.38. The third-order valence-corrected chi connectivity index (χ3v) is 8.81. The van der Waals surface area contributed by atoms with E-state index in [4.69, 9.17) is 9.72 Å². The van der Waals surface area contributed by atoms with Crippen LogP contribution in [0.3, 0.4) is 0 Å². The third-order valence-electron chi connectivity index (χ3n) is 8.81. The van der Waals surface area contributed by atoms with Crippen molar-refractivity contribution in [1.29, 1.82) is 5.26 Å². The van der Waals surface area contributed by atoms with Gasteiger partial charge in [0.15, 0.2) is 0 Å². The van der Waals surface area contributed by atoms with E-state index in [-0.39, 0.29) is 22.5 Å². The number of aryl methyl sites for hydroxylation is 2. The smallest absolute Gasteiger partial charge is 0.311 e. The average Bonchev–Trinajstić information content (AvgIpc) is 2.94. The topological polar surface area (TPSA) is 98.5 Å². The largest absolute Gasteiger partial charge is 0.493 e. The van der Waals surface area contributed by atoms with Crippen LogP contribution in [0.1, 0.15) is 86.2 Å². The summed E-state index contributed by atoms with van der Waals surface area (Å²) in [5, 5.41) is 23.4. The van der Waals surface area contributed by atoms with Gasteiger partial charge in [0.25, 0.3) is 0 Å². The van der Waals surface area contributed by atoms with Crippen LogP contribution >= 0.6 is 0 Å². The van der Waals surface area contributed by atoms with Crippen LogP contribution in [0.2, 0.25) is 0 Å². The predicted octanol–water partition coefficient (Wildman–Crippen LogP) is 5.70. The summed E-state index contributed by atoms with van der Waals surface area (Å²) in [4.78, 5) is 19.7. The van der Waals surface area contributed by atoms with Crippen molar-refractivity contribution >= 4 is 11.8 Å². The zero-order valence-corrected chi connectivity index (χ0v) is 23.8. The number of hydrogen-bond donors (Lipinski definition) is 2. The number of hydrogen-bond acceptors (Lipinski definition) is 6. The van der Waals surface area contributed by atoms with Gasteiger partial charge < -0.3 is 20.1 Å². The molecule has 7 nitrogen and oxygen atoms in total. The second-order valence-electron chi connectivity index (χ2n) is 12.5. The van der Waals surface area contributed by atoms with Crippen molar-refractivity contribution in [3.63, 3.8) is 0 Å². The van der Waals surface area contributed by atoms with Crippen molar-refractivity contribution in [1.82, 2.24) is 9.88 Å².